The fourth-order valence-electron chi connectivity index (χ4n) is 0.903. The minimum atomic E-state index is -1.54. The van der Waals surface area contributed by atoms with Crippen LogP contribution < -0.4 is 0 Å². The zero-order valence-corrected chi connectivity index (χ0v) is 7.58. The van der Waals surface area contributed by atoms with Crippen LogP contribution in [-0.2, 0) is 0 Å². The van der Waals surface area contributed by atoms with Crippen molar-refractivity contribution in [2.75, 3.05) is 7.05 Å². The Morgan fingerprint density at radius 3 is 2.27 bits per heavy atom. The van der Waals surface area contributed by atoms with Gasteiger partial charge in [0.25, 0.3) is 0 Å². The van der Waals surface area contributed by atoms with Gasteiger partial charge < -0.3 is 0 Å². The van der Waals surface area contributed by atoms with E-state index in [4.69, 9.17) is 0 Å². The van der Waals surface area contributed by atoms with E-state index in [1.165, 1.54) is 4.31 Å². The summed E-state index contributed by atoms with van der Waals surface area (Å²) in [5.41, 5.74) is 0. The first-order valence-corrected chi connectivity index (χ1v) is 4.25. The number of likely N-dealkylation sites (N-methyl/N-ethyl adjacent to an activating group) is 1. The molecule has 0 saturated heterocycles. The summed E-state index contributed by atoms with van der Waals surface area (Å²) >= 11 is 1.15. The monoisotopic (exact) mass is 179 g/mol. The van der Waals surface area contributed by atoms with Crippen LogP contribution in [0.15, 0.2) is 10.7 Å². The van der Waals surface area contributed by atoms with Crippen molar-refractivity contribution in [2.24, 2.45) is 5.92 Å². The third-order valence-corrected chi connectivity index (χ3v) is 2.87. The molecule has 1 rings (SSSR count). The average molecular weight is 179 g/mol. The molecular weight excluding hydrogens is 168 g/mol. The molecule has 0 aromatic carbocycles. The normalized spacial score (nSPS) is 27.3. The predicted octanol–water partition coefficient (Wildman–Crippen LogP) is 2.71. The molecule has 1 heterocycles. The van der Waals surface area contributed by atoms with E-state index in [9.17, 15) is 8.78 Å². The molecule has 0 aromatic rings. The van der Waals surface area contributed by atoms with Crippen LogP contribution in [-0.4, -0.2) is 17.6 Å². The Bertz CT molecular complexity index is 191. The van der Waals surface area contributed by atoms with Crippen LogP contribution in [0.5, 0.6) is 0 Å². The number of alkyl halides is 1. The maximum atomic E-state index is 12.9. The lowest BCUT2D eigenvalue weighted by molar-refractivity contribution is 0.217. The number of hydrogen-bond acceptors (Lipinski definition) is 2. The van der Waals surface area contributed by atoms with E-state index in [1.807, 2.05) is 13.8 Å². The van der Waals surface area contributed by atoms with Gasteiger partial charge in [-0.25, -0.2) is 13.1 Å². The Labute approximate surface area is 69.6 Å². The van der Waals surface area contributed by atoms with Crippen LogP contribution in [0.1, 0.15) is 13.8 Å². The van der Waals surface area contributed by atoms with E-state index < -0.39 is 12.1 Å². The van der Waals surface area contributed by atoms with Crippen LogP contribution in [0.2, 0.25) is 0 Å². The van der Waals surface area contributed by atoms with Crippen molar-refractivity contribution in [3.05, 3.63) is 10.7 Å². The van der Waals surface area contributed by atoms with Crippen LogP contribution in [0, 0.1) is 5.92 Å². The Morgan fingerprint density at radius 1 is 1.55 bits per heavy atom. The second-order valence-electron chi connectivity index (χ2n) is 2.84. The quantitative estimate of drug-likeness (QED) is 0.450. The lowest BCUT2D eigenvalue weighted by atomic mass is 10.2. The van der Waals surface area contributed by atoms with Crippen molar-refractivity contribution < 1.29 is 8.78 Å². The van der Waals surface area contributed by atoms with Crippen molar-refractivity contribution in [3.63, 3.8) is 0 Å². The van der Waals surface area contributed by atoms with Gasteiger partial charge in [0.2, 0.25) is 6.30 Å². The maximum Gasteiger partial charge on any atom is 0.215 e. The van der Waals surface area contributed by atoms with E-state index in [-0.39, 0.29) is 5.92 Å². The van der Waals surface area contributed by atoms with Gasteiger partial charge in [-0.15, -0.1) is 0 Å². The predicted molar refractivity (Wildman–Crippen MR) is 43.2 cm³/mol. The third kappa shape index (κ3) is 1.56. The smallest absolute Gasteiger partial charge is 0.215 e. The largest absolute Gasteiger partial charge is 0.221 e. The Morgan fingerprint density at radius 2 is 2.09 bits per heavy atom. The highest BCUT2D eigenvalue weighted by atomic mass is 32.2. The summed E-state index contributed by atoms with van der Waals surface area (Å²) in [4.78, 5) is 0.514. The first-order valence-electron chi connectivity index (χ1n) is 3.48. The molecule has 0 fully saturated rings. The summed E-state index contributed by atoms with van der Waals surface area (Å²) in [5, 5.41) is 0. The molecule has 0 amide bonds. The third-order valence-electron chi connectivity index (χ3n) is 1.53. The van der Waals surface area contributed by atoms with Gasteiger partial charge in [0.05, 0.1) is 0 Å². The molecule has 0 N–H and O–H groups in total. The molecule has 1 unspecified atom stereocenters. The topological polar surface area (TPSA) is 3.24 Å². The van der Waals surface area contributed by atoms with Gasteiger partial charge in [0, 0.05) is 12.0 Å². The van der Waals surface area contributed by atoms with Crippen LogP contribution in [0.3, 0.4) is 0 Å². The second-order valence-corrected chi connectivity index (χ2v) is 4.04. The van der Waals surface area contributed by atoms with Crippen molar-refractivity contribution in [1.29, 1.82) is 0 Å². The Kier molecular flexibility index (Phi) is 2.54. The van der Waals surface area contributed by atoms with Gasteiger partial charge in [0.1, 0.15) is 0 Å². The Balaban J connectivity index is 2.80. The number of allylic oxidation sites excluding steroid dienone is 1. The number of halogens is 2. The van der Waals surface area contributed by atoms with E-state index in [2.05, 4.69) is 0 Å². The zero-order valence-electron chi connectivity index (χ0n) is 6.77. The van der Waals surface area contributed by atoms with Crippen molar-refractivity contribution in [1.82, 2.24) is 4.31 Å². The highest BCUT2D eigenvalue weighted by Gasteiger charge is 2.32. The number of rotatable bonds is 1. The summed E-state index contributed by atoms with van der Waals surface area (Å²) in [7, 11) is 1.55. The molecule has 1 aliphatic rings. The summed E-state index contributed by atoms with van der Waals surface area (Å²) in [5.74, 6) is -0.546. The van der Waals surface area contributed by atoms with E-state index in [0.29, 0.717) is 4.91 Å². The van der Waals surface area contributed by atoms with Crippen LogP contribution in [0.4, 0.5) is 8.78 Å². The summed E-state index contributed by atoms with van der Waals surface area (Å²) < 4.78 is 27.0. The number of hydrogen-bond donors (Lipinski definition) is 0. The van der Waals surface area contributed by atoms with Gasteiger partial charge in [-0.1, -0.05) is 13.8 Å². The minimum Gasteiger partial charge on any atom is -0.221 e. The standard InChI is InChI=1S/C7H11F2NS/c1-4(2)6-5(8)7(9)10(3)11-6/h4,7H,1-3H3. The molecule has 0 aromatic heterocycles. The van der Waals surface area contributed by atoms with E-state index in [1.54, 1.807) is 7.05 Å². The highest BCUT2D eigenvalue weighted by Crippen LogP contribution is 2.41. The fourth-order valence-corrected chi connectivity index (χ4v) is 1.79. The SMILES string of the molecule is CC(C)C1=C(F)C(F)N(C)S1. The molecular formula is C7H11F2NS. The molecule has 0 bridgehead atoms. The molecule has 1 aliphatic heterocycles. The Hall–Kier alpha value is -0.0900. The van der Waals surface area contributed by atoms with Crippen molar-refractivity contribution in [2.45, 2.75) is 20.1 Å². The molecule has 0 aliphatic carbocycles. The van der Waals surface area contributed by atoms with Gasteiger partial charge in [0.15, 0.2) is 5.83 Å². The average Bonchev–Trinajstić information content (AvgIpc) is 2.17. The molecule has 1 nitrogen and oxygen atoms in total. The molecule has 11 heavy (non-hydrogen) atoms. The number of nitrogens with zero attached hydrogens (tertiary/aromatic N) is 1. The van der Waals surface area contributed by atoms with Crippen molar-refractivity contribution in [3.8, 4) is 0 Å². The van der Waals surface area contributed by atoms with Gasteiger partial charge in [-0.05, 0) is 17.9 Å². The first kappa shape index (κ1) is 9.00. The molecule has 4 heteroatoms. The van der Waals surface area contributed by atoms with E-state index >= 15 is 0 Å². The van der Waals surface area contributed by atoms with Gasteiger partial charge in [-0.3, -0.25) is 0 Å². The first-order chi connectivity index (χ1) is 5.04. The molecule has 0 saturated carbocycles. The van der Waals surface area contributed by atoms with E-state index in [0.717, 1.165) is 11.9 Å². The van der Waals surface area contributed by atoms with Crippen LogP contribution >= 0.6 is 11.9 Å². The summed E-state index contributed by atoms with van der Waals surface area (Å²) in [6, 6.07) is 0. The maximum absolute atomic E-state index is 12.9. The lowest BCUT2D eigenvalue weighted by Crippen LogP contribution is -2.15. The van der Waals surface area contributed by atoms with Gasteiger partial charge in [-0.2, -0.15) is 0 Å². The second kappa shape index (κ2) is 3.11. The van der Waals surface area contributed by atoms with Gasteiger partial charge >= 0.3 is 0 Å². The summed E-state index contributed by atoms with van der Waals surface area (Å²) in [6.07, 6.45) is -1.54. The highest BCUT2D eigenvalue weighted by molar-refractivity contribution is 8.01. The lowest BCUT2D eigenvalue weighted by Gasteiger charge is -2.09. The molecule has 0 radical (unpaired) electrons. The molecule has 0 spiro atoms. The summed E-state index contributed by atoms with van der Waals surface area (Å²) in [6.45, 7) is 3.71. The molecule has 64 valence electrons. The molecule has 1 atom stereocenters. The fraction of sp³-hybridized carbons (Fsp3) is 0.714. The van der Waals surface area contributed by atoms with Crippen molar-refractivity contribution >= 4 is 11.9 Å². The van der Waals surface area contributed by atoms with Crippen LogP contribution in [0.25, 0.3) is 0 Å². The minimum absolute atomic E-state index is 0.0724. The zero-order chi connectivity index (χ0) is 8.59.